The molecular formula is C18H25N3O2. The summed E-state index contributed by atoms with van der Waals surface area (Å²) in [5.74, 6) is 1.38. The Kier molecular flexibility index (Phi) is 6.32. The first-order chi connectivity index (χ1) is 11.1. The number of hydrogen-bond donors (Lipinski definition) is 2. The molecule has 0 unspecified atom stereocenters. The summed E-state index contributed by atoms with van der Waals surface area (Å²) in [6.45, 7) is 5.10. The standard InChI is InChI=1S/C18H25N3O2/c1-13(2)7-6-12-19-17(22)11-5-10-16-20-15-9-4-3-8-14(15)18(23)21-16/h3-4,8-9,13H,5-7,10-12H2,1-2H3,(H,19,22)(H,20,21,23). The molecule has 0 fully saturated rings. The molecule has 0 aliphatic heterocycles. The third-order valence-electron chi connectivity index (χ3n) is 3.76. The Morgan fingerprint density at radius 1 is 1.26 bits per heavy atom. The highest BCUT2D eigenvalue weighted by molar-refractivity contribution is 5.77. The van der Waals surface area contributed by atoms with Gasteiger partial charge in [-0.3, -0.25) is 9.59 Å². The largest absolute Gasteiger partial charge is 0.356 e. The third kappa shape index (κ3) is 5.51. The molecule has 2 N–H and O–H groups in total. The van der Waals surface area contributed by atoms with Crippen molar-refractivity contribution in [2.24, 2.45) is 5.92 Å². The van der Waals surface area contributed by atoms with E-state index in [1.54, 1.807) is 6.07 Å². The van der Waals surface area contributed by atoms with E-state index in [2.05, 4.69) is 29.1 Å². The summed E-state index contributed by atoms with van der Waals surface area (Å²) in [5.41, 5.74) is 0.577. The molecule has 0 saturated carbocycles. The number of carbonyl (C=O) groups excluding carboxylic acids is 1. The van der Waals surface area contributed by atoms with Gasteiger partial charge in [-0.05, 0) is 37.3 Å². The molecule has 0 bridgehead atoms. The number of para-hydroxylation sites is 1. The Balaban J connectivity index is 1.78. The first-order valence-electron chi connectivity index (χ1n) is 8.31. The third-order valence-corrected chi connectivity index (χ3v) is 3.76. The number of hydrogen-bond acceptors (Lipinski definition) is 3. The molecular weight excluding hydrogens is 290 g/mol. The molecule has 124 valence electrons. The number of aromatic amines is 1. The van der Waals surface area contributed by atoms with E-state index in [4.69, 9.17) is 0 Å². The topological polar surface area (TPSA) is 74.8 Å². The zero-order valence-electron chi connectivity index (χ0n) is 13.9. The van der Waals surface area contributed by atoms with Gasteiger partial charge in [0.2, 0.25) is 5.91 Å². The molecule has 1 aromatic carbocycles. The van der Waals surface area contributed by atoms with Crippen LogP contribution >= 0.6 is 0 Å². The minimum Gasteiger partial charge on any atom is -0.356 e. The highest BCUT2D eigenvalue weighted by atomic mass is 16.1. The van der Waals surface area contributed by atoms with Gasteiger partial charge >= 0.3 is 0 Å². The van der Waals surface area contributed by atoms with Crippen molar-refractivity contribution in [2.45, 2.75) is 46.0 Å². The van der Waals surface area contributed by atoms with E-state index in [0.717, 1.165) is 19.4 Å². The van der Waals surface area contributed by atoms with Crippen molar-refractivity contribution in [3.8, 4) is 0 Å². The van der Waals surface area contributed by atoms with Gasteiger partial charge in [0.1, 0.15) is 5.82 Å². The maximum atomic E-state index is 12.0. The monoisotopic (exact) mass is 315 g/mol. The number of fused-ring (bicyclic) bond motifs is 1. The molecule has 2 rings (SSSR count). The number of rotatable bonds is 8. The number of carbonyl (C=O) groups is 1. The Labute approximate surface area is 136 Å². The van der Waals surface area contributed by atoms with Crippen molar-refractivity contribution < 1.29 is 4.79 Å². The van der Waals surface area contributed by atoms with Crippen LogP contribution in [0.3, 0.4) is 0 Å². The lowest BCUT2D eigenvalue weighted by Gasteiger charge is -2.07. The predicted molar refractivity (Wildman–Crippen MR) is 92.4 cm³/mol. The molecule has 1 aromatic heterocycles. The second-order valence-corrected chi connectivity index (χ2v) is 6.27. The van der Waals surface area contributed by atoms with Crippen LogP contribution in [0.2, 0.25) is 0 Å². The van der Waals surface area contributed by atoms with Gasteiger partial charge in [-0.2, -0.15) is 0 Å². The van der Waals surface area contributed by atoms with Crippen LogP contribution in [-0.4, -0.2) is 22.4 Å². The summed E-state index contributed by atoms with van der Waals surface area (Å²) in [4.78, 5) is 30.9. The molecule has 0 saturated heterocycles. The van der Waals surface area contributed by atoms with Crippen molar-refractivity contribution in [2.75, 3.05) is 6.54 Å². The van der Waals surface area contributed by atoms with Gasteiger partial charge in [0.05, 0.1) is 10.9 Å². The van der Waals surface area contributed by atoms with Crippen molar-refractivity contribution in [3.05, 3.63) is 40.4 Å². The number of H-pyrrole nitrogens is 1. The molecule has 5 heteroatoms. The lowest BCUT2D eigenvalue weighted by molar-refractivity contribution is -0.121. The van der Waals surface area contributed by atoms with Crippen LogP contribution in [0.4, 0.5) is 0 Å². The Hall–Kier alpha value is -2.17. The second kappa shape index (κ2) is 8.46. The highest BCUT2D eigenvalue weighted by Crippen LogP contribution is 2.07. The first kappa shape index (κ1) is 17.2. The van der Waals surface area contributed by atoms with Crippen molar-refractivity contribution in [3.63, 3.8) is 0 Å². The number of amides is 1. The van der Waals surface area contributed by atoms with Crippen LogP contribution in [0.1, 0.15) is 45.4 Å². The zero-order valence-corrected chi connectivity index (χ0v) is 13.9. The average Bonchev–Trinajstić information content (AvgIpc) is 2.51. The van der Waals surface area contributed by atoms with Crippen LogP contribution in [0, 0.1) is 5.92 Å². The van der Waals surface area contributed by atoms with Gasteiger partial charge in [-0.1, -0.05) is 26.0 Å². The summed E-state index contributed by atoms with van der Waals surface area (Å²) in [7, 11) is 0. The normalized spacial score (nSPS) is 11.1. The minimum atomic E-state index is -0.122. The van der Waals surface area contributed by atoms with Crippen molar-refractivity contribution >= 4 is 16.8 Å². The fourth-order valence-electron chi connectivity index (χ4n) is 2.50. The smallest absolute Gasteiger partial charge is 0.258 e. The van der Waals surface area contributed by atoms with Gasteiger partial charge in [0.25, 0.3) is 5.56 Å². The highest BCUT2D eigenvalue weighted by Gasteiger charge is 2.05. The molecule has 0 radical (unpaired) electrons. The number of nitrogens with zero attached hydrogens (tertiary/aromatic N) is 1. The fraction of sp³-hybridized carbons (Fsp3) is 0.500. The Bertz CT molecular complexity index is 707. The van der Waals surface area contributed by atoms with Crippen LogP contribution in [0.15, 0.2) is 29.1 Å². The van der Waals surface area contributed by atoms with E-state index in [1.165, 1.54) is 0 Å². The second-order valence-electron chi connectivity index (χ2n) is 6.27. The first-order valence-corrected chi connectivity index (χ1v) is 8.31. The quantitative estimate of drug-likeness (QED) is 0.736. The van der Waals surface area contributed by atoms with Crippen LogP contribution in [0.5, 0.6) is 0 Å². The van der Waals surface area contributed by atoms with E-state index in [-0.39, 0.29) is 11.5 Å². The summed E-state index contributed by atoms with van der Waals surface area (Å²) in [5, 5.41) is 3.53. The average molecular weight is 315 g/mol. The molecule has 2 aromatic rings. The van der Waals surface area contributed by atoms with E-state index in [1.807, 2.05) is 18.2 Å². The van der Waals surface area contributed by atoms with Gasteiger partial charge in [0.15, 0.2) is 0 Å². The summed E-state index contributed by atoms with van der Waals surface area (Å²) in [6.07, 6.45) is 3.88. The van der Waals surface area contributed by atoms with Crippen molar-refractivity contribution in [1.82, 2.24) is 15.3 Å². The Morgan fingerprint density at radius 3 is 2.83 bits per heavy atom. The van der Waals surface area contributed by atoms with Crippen molar-refractivity contribution in [1.29, 1.82) is 0 Å². The van der Waals surface area contributed by atoms with E-state index < -0.39 is 0 Å². The minimum absolute atomic E-state index is 0.0666. The Morgan fingerprint density at radius 2 is 2.04 bits per heavy atom. The van der Waals surface area contributed by atoms with Gasteiger partial charge < -0.3 is 10.3 Å². The maximum absolute atomic E-state index is 12.0. The molecule has 1 amide bonds. The van der Waals surface area contributed by atoms with Gasteiger partial charge in [-0.25, -0.2) is 4.98 Å². The lowest BCUT2D eigenvalue weighted by atomic mass is 10.1. The predicted octanol–water partition coefficient (Wildman–Crippen LogP) is 2.80. The number of aromatic nitrogens is 2. The van der Waals surface area contributed by atoms with E-state index in [0.29, 0.717) is 41.9 Å². The molecule has 0 atom stereocenters. The molecule has 0 spiro atoms. The van der Waals surface area contributed by atoms with Gasteiger partial charge in [-0.15, -0.1) is 0 Å². The van der Waals surface area contributed by atoms with Gasteiger partial charge in [0, 0.05) is 19.4 Å². The zero-order chi connectivity index (χ0) is 16.7. The molecule has 5 nitrogen and oxygen atoms in total. The SMILES string of the molecule is CC(C)CCCNC(=O)CCCc1nc2ccccc2c(=O)[nH]1. The summed E-state index contributed by atoms with van der Waals surface area (Å²) >= 11 is 0. The summed E-state index contributed by atoms with van der Waals surface area (Å²) in [6, 6.07) is 7.27. The van der Waals surface area contributed by atoms with Crippen LogP contribution < -0.4 is 10.9 Å². The van der Waals surface area contributed by atoms with E-state index >= 15 is 0 Å². The van der Waals surface area contributed by atoms with E-state index in [9.17, 15) is 9.59 Å². The molecule has 0 aliphatic carbocycles. The maximum Gasteiger partial charge on any atom is 0.258 e. The number of aryl methyl sites for hydroxylation is 1. The van der Waals surface area contributed by atoms with Crippen LogP contribution in [0.25, 0.3) is 10.9 Å². The number of benzene rings is 1. The fourth-order valence-corrected chi connectivity index (χ4v) is 2.50. The van der Waals surface area contributed by atoms with Crippen LogP contribution in [-0.2, 0) is 11.2 Å². The molecule has 1 heterocycles. The number of nitrogens with one attached hydrogen (secondary N) is 2. The molecule has 0 aliphatic rings. The summed E-state index contributed by atoms with van der Waals surface area (Å²) < 4.78 is 0. The molecule has 23 heavy (non-hydrogen) atoms. The lowest BCUT2D eigenvalue weighted by Crippen LogP contribution is -2.24.